The molecule has 0 spiro atoms. The monoisotopic (exact) mass is 401 g/mol. The molecule has 5 nitrogen and oxygen atoms in total. The Hall–Kier alpha value is -3.21. The summed E-state index contributed by atoms with van der Waals surface area (Å²) >= 11 is 0. The summed E-state index contributed by atoms with van der Waals surface area (Å²) in [5, 5.41) is 3.08. The quantitative estimate of drug-likeness (QED) is 0.489. The lowest BCUT2D eigenvalue weighted by Gasteiger charge is -2.14. The molecule has 0 radical (unpaired) electrons. The number of aryl methyl sites for hydroxylation is 2. The highest BCUT2D eigenvalue weighted by Crippen LogP contribution is 2.23. The molecule has 1 aliphatic carbocycles. The van der Waals surface area contributed by atoms with Gasteiger partial charge in [-0.15, -0.1) is 0 Å². The molecule has 2 aromatic carbocycles. The van der Waals surface area contributed by atoms with E-state index in [0.29, 0.717) is 31.6 Å². The van der Waals surface area contributed by atoms with Gasteiger partial charge in [0.05, 0.1) is 5.69 Å². The maximum atomic E-state index is 12.7. The number of amides is 1. The molecular weight excluding hydrogens is 374 g/mol. The highest BCUT2D eigenvalue weighted by atomic mass is 16.2. The van der Waals surface area contributed by atoms with Crippen LogP contribution in [-0.2, 0) is 24.1 Å². The standard InChI is InChI=1S/C25H27N3O2/c29-24(26-17-7-10-18-8-3-1-4-9-18)20-13-15-21-22(16-14-20)27-23(28-25(21)30)19-11-5-2-6-12-19/h1-6,8-9,11-12,20H,7,10,13-17H2,(H,26,29)(H,27,28,30). The van der Waals surface area contributed by atoms with E-state index in [9.17, 15) is 9.59 Å². The molecule has 1 amide bonds. The smallest absolute Gasteiger partial charge is 0.254 e. The van der Waals surface area contributed by atoms with Gasteiger partial charge in [-0.25, -0.2) is 4.98 Å². The van der Waals surface area contributed by atoms with E-state index in [4.69, 9.17) is 4.98 Å². The molecule has 30 heavy (non-hydrogen) atoms. The number of carbonyl (C=O) groups excluding carboxylic acids is 1. The number of fused-ring (bicyclic) bond motifs is 1. The van der Waals surface area contributed by atoms with Gasteiger partial charge in [-0.3, -0.25) is 9.59 Å². The second kappa shape index (κ2) is 9.53. The Morgan fingerprint density at radius 1 is 1.00 bits per heavy atom. The fourth-order valence-electron chi connectivity index (χ4n) is 4.07. The van der Waals surface area contributed by atoms with E-state index in [1.54, 1.807) is 0 Å². The molecule has 2 N–H and O–H groups in total. The lowest BCUT2D eigenvalue weighted by molar-refractivity contribution is -0.125. The Labute approximate surface area is 176 Å². The number of hydrogen-bond donors (Lipinski definition) is 2. The lowest BCUT2D eigenvalue weighted by Crippen LogP contribution is -2.32. The van der Waals surface area contributed by atoms with Crippen molar-refractivity contribution in [3.63, 3.8) is 0 Å². The first-order valence-corrected chi connectivity index (χ1v) is 10.7. The molecule has 0 bridgehead atoms. The molecule has 0 saturated carbocycles. The highest BCUT2D eigenvalue weighted by Gasteiger charge is 2.25. The van der Waals surface area contributed by atoms with E-state index in [2.05, 4.69) is 22.4 Å². The molecule has 0 aliphatic heterocycles. The van der Waals surface area contributed by atoms with Crippen LogP contribution in [0.2, 0.25) is 0 Å². The van der Waals surface area contributed by atoms with Crippen LogP contribution in [0.4, 0.5) is 0 Å². The van der Waals surface area contributed by atoms with Crippen molar-refractivity contribution in [1.29, 1.82) is 0 Å². The summed E-state index contributed by atoms with van der Waals surface area (Å²) in [6, 6.07) is 20.0. The molecule has 3 aromatic rings. The summed E-state index contributed by atoms with van der Waals surface area (Å²) in [4.78, 5) is 32.9. The van der Waals surface area contributed by atoms with E-state index in [0.717, 1.165) is 36.1 Å². The Bertz CT molecular complexity index is 1040. The molecule has 1 heterocycles. The number of benzene rings is 2. The average molecular weight is 402 g/mol. The van der Waals surface area contributed by atoms with Crippen LogP contribution in [-0.4, -0.2) is 22.4 Å². The molecule has 1 aromatic heterocycles. The van der Waals surface area contributed by atoms with Gasteiger partial charge in [0.15, 0.2) is 0 Å². The molecule has 154 valence electrons. The van der Waals surface area contributed by atoms with Crippen molar-refractivity contribution in [2.45, 2.75) is 38.5 Å². The number of aromatic nitrogens is 2. The first kappa shape index (κ1) is 20.1. The number of rotatable bonds is 6. The SMILES string of the molecule is O=C(NCCCc1ccccc1)C1CCc2nc(-c3ccccc3)[nH]c(=O)c2CC1. The van der Waals surface area contributed by atoms with Crippen molar-refractivity contribution >= 4 is 5.91 Å². The van der Waals surface area contributed by atoms with Gasteiger partial charge < -0.3 is 10.3 Å². The number of carbonyl (C=O) groups is 1. The summed E-state index contributed by atoms with van der Waals surface area (Å²) in [5.74, 6) is 0.620. The summed E-state index contributed by atoms with van der Waals surface area (Å²) in [6.45, 7) is 0.675. The Morgan fingerprint density at radius 2 is 1.70 bits per heavy atom. The minimum atomic E-state index is -0.0808. The fourth-order valence-corrected chi connectivity index (χ4v) is 4.07. The molecule has 1 unspecified atom stereocenters. The molecular formula is C25H27N3O2. The van der Waals surface area contributed by atoms with Crippen molar-refractivity contribution in [3.8, 4) is 11.4 Å². The zero-order chi connectivity index (χ0) is 20.8. The van der Waals surface area contributed by atoms with Gasteiger partial charge in [0.1, 0.15) is 5.82 Å². The Balaban J connectivity index is 1.35. The molecule has 5 heteroatoms. The molecule has 0 fully saturated rings. The summed E-state index contributed by atoms with van der Waals surface area (Å²) in [5.41, 5.74) is 3.67. The predicted octanol–water partition coefficient (Wildman–Crippen LogP) is 3.68. The molecule has 1 atom stereocenters. The number of nitrogens with zero attached hydrogens (tertiary/aromatic N) is 1. The van der Waals surface area contributed by atoms with Gasteiger partial charge >= 0.3 is 0 Å². The third-order valence-electron chi connectivity index (χ3n) is 5.78. The van der Waals surface area contributed by atoms with Gasteiger partial charge in [-0.05, 0) is 44.1 Å². The van der Waals surface area contributed by atoms with Crippen molar-refractivity contribution in [2.24, 2.45) is 5.92 Å². The second-order valence-corrected chi connectivity index (χ2v) is 7.86. The van der Waals surface area contributed by atoms with Crippen molar-refractivity contribution in [1.82, 2.24) is 15.3 Å². The third kappa shape index (κ3) is 4.85. The average Bonchev–Trinajstić information content (AvgIpc) is 3.01. The first-order chi connectivity index (χ1) is 14.7. The number of hydrogen-bond acceptors (Lipinski definition) is 3. The summed E-state index contributed by atoms with van der Waals surface area (Å²) < 4.78 is 0. The van der Waals surface area contributed by atoms with E-state index < -0.39 is 0 Å². The summed E-state index contributed by atoms with van der Waals surface area (Å²) in [6.07, 6.45) is 4.54. The van der Waals surface area contributed by atoms with Crippen LogP contribution in [0.1, 0.15) is 36.1 Å². The maximum absolute atomic E-state index is 12.7. The van der Waals surface area contributed by atoms with Gasteiger partial charge in [-0.2, -0.15) is 0 Å². The van der Waals surface area contributed by atoms with E-state index in [1.807, 2.05) is 48.5 Å². The summed E-state index contributed by atoms with van der Waals surface area (Å²) in [7, 11) is 0. The van der Waals surface area contributed by atoms with E-state index >= 15 is 0 Å². The van der Waals surface area contributed by atoms with Crippen molar-refractivity contribution < 1.29 is 4.79 Å². The minimum Gasteiger partial charge on any atom is -0.356 e. The second-order valence-electron chi connectivity index (χ2n) is 7.86. The van der Waals surface area contributed by atoms with E-state index in [-0.39, 0.29) is 17.4 Å². The fraction of sp³-hybridized carbons (Fsp3) is 0.320. The van der Waals surface area contributed by atoms with Gasteiger partial charge in [-0.1, -0.05) is 60.7 Å². The number of nitrogens with one attached hydrogen (secondary N) is 2. The van der Waals surface area contributed by atoms with Crippen LogP contribution >= 0.6 is 0 Å². The van der Waals surface area contributed by atoms with Gasteiger partial charge in [0, 0.05) is 23.6 Å². The Kier molecular flexibility index (Phi) is 6.38. The zero-order valence-corrected chi connectivity index (χ0v) is 17.1. The predicted molar refractivity (Wildman–Crippen MR) is 118 cm³/mol. The van der Waals surface area contributed by atoms with Gasteiger partial charge in [0.2, 0.25) is 5.91 Å². The normalized spacial score (nSPS) is 15.8. The van der Waals surface area contributed by atoms with Gasteiger partial charge in [0.25, 0.3) is 5.56 Å². The number of aromatic amines is 1. The third-order valence-corrected chi connectivity index (χ3v) is 5.78. The van der Waals surface area contributed by atoms with Crippen LogP contribution < -0.4 is 10.9 Å². The molecule has 4 rings (SSSR count). The lowest BCUT2D eigenvalue weighted by atomic mass is 9.98. The van der Waals surface area contributed by atoms with Crippen LogP contribution in [0.5, 0.6) is 0 Å². The van der Waals surface area contributed by atoms with Crippen molar-refractivity contribution in [2.75, 3.05) is 6.54 Å². The molecule has 1 aliphatic rings. The largest absolute Gasteiger partial charge is 0.356 e. The van der Waals surface area contributed by atoms with Crippen LogP contribution in [0, 0.1) is 5.92 Å². The minimum absolute atomic E-state index is 0.0736. The van der Waals surface area contributed by atoms with E-state index in [1.165, 1.54) is 5.56 Å². The van der Waals surface area contributed by atoms with Crippen molar-refractivity contribution in [3.05, 3.63) is 87.8 Å². The van der Waals surface area contributed by atoms with Crippen LogP contribution in [0.25, 0.3) is 11.4 Å². The number of H-pyrrole nitrogens is 1. The Morgan fingerprint density at radius 3 is 2.47 bits per heavy atom. The van der Waals surface area contributed by atoms with Crippen LogP contribution in [0.15, 0.2) is 65.5 Å². The first-order valence-electron chi connectivity index (χ1n) is 10.7. The molecule has 0 saturated heterocycles. The maximum Gasteiger partial charge on any atom is 0.254 e. The topological polar surface area (TPSA) is 74.8 Å². The zero-order valence-electron chi connectivity index (χ0n) is 17.1. The van der Waals surface area contributed by atoms with Crippen LogP contribution in [0.3, 0.4) is 0 Å². The highest BCUT2D eigenvalue weighted by molar-refractivity contribution is 5.78.